The van der Waals surface area contributed by atoms with E-state index in [0.29, 0.717) is 56.1 Å². The van der Waals surface area contributed by atoms with Crippen LogP contribution in [0.5, 0.6) is 11.5 Å². The van der Waals surface area contributed by atoms with E-state index < -0.39 is 11.7 Å². The van der Waals surface area contributed by atoms with Gasteiger partial charge in [0, 0.05) is 44.7 Å². The van der Waals surface area contributed by atoms with Crippen LogP contribution in [0.4, 0.5) is 4.79 Å². The number of benzene rings is 1. The zero-order valence-corrected chi connectivity index (χ0v) is 23.1. The lowest BCUT2D eigenvalue weighted by Crippen LogP contribution is -2.40. The molecule has 0 bridgehead atoms. The molecule has 0 unspecified atom stereocenters. The molecule has 37 heavy (non-hydrogen) atoms. The van der Waals surface area contributed by atoms with E-state index in [-0.39, 0.29) is 18.9 Å². The smallest absolute Gasteiger partial charge is 0.410 e. The summed E-state index contributed by atoms with van der Waals surface area (Å²) in [6, 6.07) is 9.19. The van der Waals surface area contributed by atoms with Crippen LogP contribution >= 0.6 is 0 Å². The number of nitrogens with zero attached hydrogens (tertiary/aromatic N) is 5. The molecule has 0 N–H and O–H groups in total. The Morgan fingerprint density at radius 1 is 0.838 bits per heavy atom. The average molecular weight is 516 g/mol. The van der Waals surface area contributed by atoms with Crippen molar-refractivity contribution in [3.63, 3.8) is 0 Å². The summed E-state index contributed by atoms with van der Waals surface area (Å²) in [5.41, 5.74) is -0.193. The van der Waals surface area contributed by atoms with Crippen molar-refractivity contribution in [2.75, 3.05) is 60.5 Å². The molecule has 0 saturated heterocycles. The van der Waals surface area contributed by atoms with Gasteiger partial charge in [0.2, 0.25) is 0 Å². The second-order valence-corrected chi connectivity index (χ2v) is 9.66. The van der Waals surface area contributed by atoms with Gasteiger partial charge < -0.3 is 28.9 Å². The maximum absolute atomic E-state index is 13.2. The largest absolute Gasteiger partial charge is 0.493 e. The predicted octanol–water partition coefficient (Wildman–Crippen LogP) is 3.92. The molecular weight excluding hydrogens is 474 g/mol. The van der Waals surface area contributed by atoms with Crippen LogP contribution in [0.1, 0.15) is 56.8 Å². The van der Waals surface area contributed by atoms with Crippen LogP contribution in [0.25, 0.3) is 0 Å². The summed E-state index contributed by atoms with van der Waals surface area (Å²) in [7, 11) is 4.98. The molecule has 0 radical (unpaired) electrons. The van der Waals surface area contributed by atoms with Crippen molar-refractivity contribution in [1.29, 1.82) is 10.5 Å². The minimum absolute atomic E-state index is 0.198. The first kappa shape index (κ1) is 31.5. The van der Waals surface area contributed by atoms with Crippen LogP contribution in [0.3, 0.4) is 0 Å². The minimum atomic E-state index is -0.624. The topological polar surface area (TPSA) is 119 Å². The van der Waals surface area contributed by atoms with Gasteiger partial charge in [-0.1, -0.05) is 0 Å². The number of nitriles is 2. The van der Waals surface area contributed by atoms with E-state index in [1.165, 1.54) is 14.2 Å². The van der Waals surface area contributed by atoms with Crippen molar-refractivity contribution in [1.82, 2.24) is 14.7 Å². The molecule has 0 aliphatic heterocycles. The number of hydrogen-bond acceptors (Lipinski definition) is 8. The van der Waals surface area contributed by atoms with Gasteiger partial charge in [0.15, 0.2) is 11.5 Å². The van der Waals surface area contributed by atoms with Crippen molar-refractivity contribution < 1.29 is 23.8 Å². The van der Waals surface area contributed by atoms with Gasteiger partial charge >= 0.3 is 6.09 Å². The zero-order chi connectivity index (χ0) is 27.8. The quantitative estimate of drug-likeness (QED) is 0.345. The molecule has 10 heteroatoms. The van der Waals surface area contributed by atoms with Gasteiger partial charge in [-0.15, -0.1) is 0 Å². The molecule has 1 aromatic carbocycles. The van der Waals surface area contributed by atoms with Crippen molar-refractivity contribution in [3.8, 4) is 23.6 Å². The molecule has 0 aromatic heterocycles. The molecule has 204 valence electrons. The van der Waals surface area contributed by atoms with Crippen LogP contribution < -0.4 is 9.47 Å². The van der Waals surface area contributed by atoms with E-state index in [9.17, 15) is 9.59 Å². The van der Waals surface area contributed by atoms with Gasteiger partial charge in [-0.2, -0.15) is 10.5 Å². The third-order valence-corrected chi connectivity index (χ3v) is 5.49. The van der Waals surface area contributed by atoms with Crippen molar-refractivity contribution >= 4 is 12.0 Å². The van der Waals surface area contributed by atoms with E-state index >= 15 is 0 Å². The fourth-order valence-electron chi connectivity index (χ4n) is 3.61. The maximum Gasteiger partial charge on any atom is 0.410 e. The molecular formula is C27H41N5O5. The Labute approximate surface area is 221 Å². The normalized spacial score (nSPS) is 10.8. The fourth-order valence-corrected chi connectivity index (χ4v) is 3.61. The lowest BCUT2D eigenvalue weighted by molar-refractivity contribution is 0.0238. The summed E-state index contributed by atoms with van der Waals surface area (Å²) in [5, 5.41) is 17.9. The summed E-state index contributed by atoms with van der Waals surface area (Å²) in [6.07, 6.45) is 1.50. The highest BCUT2D eigenvalue weighted by Gasteiger charge is 2.23. The Bertz CT molecular complexity index is 948. The monoisotopic (exact) mass is 515 g/mol. The standard InChI is InChI=1S/C27H41N5O5/c1-27(2,3)37-26(34)32(19-9-16-30(4)15-7-13-28)20-10-18-31(17-8-14-29)25(33)22-11-12-23(35-5)24(21-22)36-6/h11-12,21H,7-10,15-20H2,1-6H3. The Morgan fingerprint density at radius 3 is 1.97 bits per heavy atom. The molecule has 0 aliphatic rings. The van der Waals surface area contributed by atoms with Crippen molar-refractivity contribution in [3.05, 3.63) is 23.8 Å². The highest BCUT2D eigenvalue weighted by Crippen LogP contribution is 2.28. The van der Waals surface area contributed by atoms with E-state index in [2.05, 4.69) is 17.0 Å². The number of amides is 2. The number of carbonyl (C=O) groups excluding carboxylic acids is 2. The van der Waals surface area contributed by atoms with Gasteiger partial charge in [0.1, 0.15) is 5.60 Å². The third-order valence-electron chi connectivity index (χ3n) is 5.49. The molecule has 1 aromatic rings. The summed E-state index contributed by atoms with van der Waals surface area (Å²) >= 11 is 0. The highest BCUT2D eigenvalue weighted by molar-refractivity contribution is 5.95. The predicted molar refractivity (Wildman–Crippen MR) is 140 cm³/mol. The first-order chi connectivity index (χ1) is 17.6. The first-order valence-electron chi connectivity index (χ1n) is 12.5. The van der Waals surface area contributed by atoms with Crippen LogP contribution in [0.2, 0.25) is 0 Å². The summed E-state index contributed by atoms with van der Waals surface area (Å²) in [6.45, 7) is 8.43. The summed E-state index contributed by atoms with van der Waals surface area (Å²) < 4.78 is 16.2. The van der Waals surface area contributed by atoms with Gasteiger partial charge in [-0.25, -0.2) is 4.79 Å². The van der Waals surface area contributed by atoms with Crippen molar-refractivity contribution in [2.24, 2.45) is 0 Å². The van der Waals surface area contributed by atoms with E-state index in [1.54, 1.807) is 28.0 Å². The Kier molecular flexibility index (Phi) is 13.9. The third kappa shape index (κ3) is 11.9. The molecule has 1 rings (SSSR count). The van der Waals surface area contributed by atoms with E-state index in [4.69, 9.17) is 24.7 Å². The number of carbonyl (C=O) groups is 2. The van der Waals surface area contributed by atoms with Crippen molar-refractivity contribution in [2.45, 2.75) is 52.1 Å². The molecule has 0 saturated carbocycles. The van der Waals surface area contributed by atoms with Gasteiger partial charge in [0.25, 0.3) is 5.91 Å². The number of rotatable bonds is 15. The first-order valence-corrected chi connectivity index (χ1v) is 12.5. The molecule has 0 atom stereocenters. The second-order valence-electron chi connectivity index (χ2n) is 9.66. The Hall–Kier alpha value is -3.50. The Morgan fingerprint density at radius 2 is 1.41 bits per heavy atom. The molecule has 0 spiro atoms. The molecule has 0 fully saturated rings. The minimum Gasteiger partial charge on any atom is -0.493 e. The van der Waals surface area contributed by atoms with Crippen LogP contribution in [0.15, 0.2) is 18.2 Å². The summed E-state index contributed by atoms with van der Waals surface area (Å²) in [5.74, 6) is 0.748. The van der Waals surface area contributed by atoms with Gasteiger partial charge in [-0.3, -0.25) is 4.79 Å². The fraction of sp³-hybridized carbons (Fsp3) is 0.630. The summed E-state index contributed by atoms with van der Waals surface area (Å²) in [4.78, 5) is 31.4. The lowest BCUT2D eigenvalue weighted by Gasteiger charge is -2.29. The SMILES string of the molecule is COc1ccc(C(=O)N(CCC#N)CCCN(CCCN(C)CCC#N)C(=O)OC(C)(C)C)cc1OC. The molecule has 2 amide bonds. The van der Waals surface area contributed by atoms with Crippen LogP contribution in [-0.2, 0) is 4.74 Å². The molecule has 10 nitrogen and oxygen atoms in total. The number of ether oxygens (including phenoxy) is 3. The molecule has 0 aliphatic carbocycles. The maximum atomic E-state index is 13.2. The van der Waals surface area contributed by atoms with E-state index in [0.717, 1.165) is 13.0 Å². The second kappa shape index (κ2) is 16.3. The van der Waals surface area contributed by atoms with Gasteiger partial charge in [0.05, 0.1) is 32.8 Å². The van der Waals surface area contributed by atoms with Crippen LogP contribution in [0, 0.1) is 22.7 Å². The highest BCUT2D eigenvalue weighted by atomic mass is 16.6. The zero-order valence-electron chi connectivity index (χ0n) is 23.1. The van der Waals surface area contributed by atoms with Crippen LogP contribution in [-0.4, -0.2) is 92.8 Å². The lowest BCUT2D eigenvalue weighted by atomic mass is 10.1. The average Bonchev–Trinajstić information content (AvgIpc) is 2.86. The van der Waals surface area contributed by atoms with Gasteiger partial charge in [-0.05, 0) is 65.4 Å². The number of hydrogen-bond donors (Lipinski definition) is 0. The molecule has 0 heterocycles. The Balaban J connectivity index is 2.88. The number of methoxy groups -OCH3 is 2. The van der Waals surface area contributed by atoms with E-state index in [1.807, 2.05) is 27.8 Å².